The molecule has 0 spiro atoms. The Morgan fingerprint density at radius 3 is 2.68 bits per heavy atom. The van der Waals surface area contributed by atoms with Crippen LogP contribution < -0.4 is 4.74 Å². The largest absolute Gasteiger partial charge is 0.496 e. The Kier molecular flexibility index (Phi) is 3.27. The van der Waals surface area contributed by atoms with Crippen LogP contribution >= 0.6 is 0 Å². The van der Waals surface area contributed by atoms with Crippen LogP contribution in [0.2, 0.25) is 0 Å². The van der Waals surface area contributed by atoms with Crippen LogP contribution in [-0.2, 0) is 17.3 Å². The number of benzene rings is 1. The minimum Gasteiger partial charge on any atom is -0.496 e. The first-order chi connectivity index (χ1) is 8.86. The number of methoxy groups -OCH3 is 1. The third-order valence-corrected chi connectivity index (χ3v) is 3.52. The van der Waals surface area contributed by atoms with E-state index in [4.69, 9.17) is 9.84 Å². The van der Waals surface area contributed by atoms with Gasteiger partial charge in [-0.2, -0.15) is 0 Å². The van der Waals surface area contributed by atoms with Crippen molar-refractivity contribution in [2.45, 2.75) is 25.7 Å². The summed E-state index contributed by atoms with van der Waals surface area (Å²) < 4.78 is 7.43. The van der Waals surface area contributed by atoms with Crippen molar-refractivity contribution in [3.63, 3.8) is 0 Å². The van der Waals surface area contributed by atoms with Gasteiger partial charge in [0.25, 0.3) is 0 Å². The van der Waals surface area contributed by atoms with Crippen molar-refractivity contribution in [3.05, 3.63) is 30.0 Å². The standard InChI is InChI=1S/C15H19NO3/c1-15(2,8-13(17)18)10-9-16(3)11-6-5-7-12(19-4)14(10)11/h5-7,9H,8H2,1-4H3,(H,17,18). The molecule has 2 aromatic rings. The SMILES string of the molecule is COc1cccc2c1c(C(C)(C)CC(=O)O)cn2C. The Hall–Kier alpha value is -1.97. The molecule has 0 saturated carbocycles. The first-order valence-electron chi connectivity index (χ1n) is 6.21. The zero-order chi connectivity index (χ0) is 14.2. The molecule has 1 N–H and O–H groups in total. The molecule has 0 unspecified atom stereocenters. The van der Waals surface area contributed by atoms with Gasteiger partial charge in [-0.05, 0) is 17.7 Å². The van der Waals surface area contributed by atoms with Gasteiger partial charge in [-0.1, -0.05) is 19.9 Å². The number of aryl methyl sites for hydroxylation is 1. The minimum atomic E-state index is -0.795. The number of hydrogen-bond acceptors (Lipinski definition) is 2. The molecule has 0 atom stereocenters. The summed E-state index contributed by atoms with van der Waals surface area (Å²) in [5, 5.41) is 10.1. The maximum absolute atomic E-state index is 11.0. The average molecular weight is 261 g/mol. The monoisotopic (exact) mass is 261 g/mol. The van der Waals surface area contributed by atoms with Crippen LogP contribution in [-0.4, -0.2) is 22.8 Å². The highest BCUT2D eigenvalue weighted by Crippen LogP contribution is 2.38. The van der Waals surface area contributed by atoms with Gasteiger partial charge in [0.1, 0.15) is 5.75 Å². The van der Waals surface area contributed by atoms with Crippen LogP contribution in [0.5, 0.6) is 5.75 Å². The molecule has 0 fully saturated rings. The third kappa shape index (κ3) is 2.30. The maximum atomic E-state index is 11.0. The molecule has 0 bridgehead atoms. The molecule has 102 valence electrons. The van der Waals surface area contributed by atoms with E-state index in [-0.39, 0.29) is 6.42 Å². The van der Waals surface area contributed by atoms with Crippen LogP contribution in [0.1, 0.15) is 25.8 Å². The number of carboxylic acid groups (broad SMARTS) is 1. The van der Waals surface area contributed by atoms with E-state index in [0.717, 1.165) is 22.2 Å². The number of carboxylic acids is 1. The molecule has 0 aliphatic rings. The molecule has 1 aromatic heterocycles. The van der Waals surface area contributed by atoms with Crippen molar-refractivity contribution in [2.24, 2.45) is 7.05 Å². The van der Waals surface area contributed by atoms with Crippen molar-refractivity contribution in [2.75, 3.05) is 7.11 Å². The summed E-state index contributed by atoms with van der Waals surface area (Å²) in [5.74, 6) is -0.0107. The molecule has 0 radical (unpaired) electrons. The first kappa shape index (κ1) is 13.5. The molecule has 19 heavy (non-hydrogen) atoms. The van der Waals surface area contributed by atoms with E-state index in [1.807, 2.05) is 49.9 Å². The highest BCUT2D eigenvalue weighted by molar-refractivity contribution is 5.91. The Labute approximate surface area is 112 Å². The lowest BCUT2D eigenvalue weighted by Crippen LogP contribution is -2.21. The van der Waals surface area contributed by atoms with Crippen LogP contribution in [0.15, 0.2) is 24.4 Å². The van der Waals surface area contributed by atoms with Crippen LogP contribution in [0, 0.1) is 0 Å². The molecule has 4 heteroatoms. The highest BCUT2D eigenvalue weighted by atomic mass is 16.5. The van der Waals surface area contributed by atoms with Crippen molar-refractivity contribution < 1.29 is 14.6 Å². The molecule has 2 rings (SSSR count). The zero-order valence-electron chi connectivity index (χ0n) is 11.7. The molecule has 4 nitrogen and oxygen atoms in total. The number of nitrogens with zero attached hydrogens (tertiary/aromatic N) is 1. The topological polar surface area (TPSA) is 51.5 Å². The zero-order valence-corrected chi connectivity index (χ0v) is 11.7. The van der Waals surface area contributed by atoms with Gasteiger partial charge in [-0.25, -0.2) is 0 Å². The number of rotatable bonds is 4. The fraction of sp³-hybridized carbons (Fsp3) is 0.400. The predicted molar refractivity (Wildman–Crippen MR) is 74.7 cm³/mol. The van der Waals surface area contributed by atoms with Crippen LogP contribution in [0.4, 0.5) is 0 Å². The van der Waals surface area contributed by atoms with Crippen molar-refractivity contribution in [1.29, 1.82) is 0 Å². The maximum Gasteiger partial charge on any atom is 0.304 e. The molecule has 1 aromatic carbocycles. The smallest absolute Gasteiger partial charge is 0.304 e. The molecule has 1 heterocycles. The van der Waals surface area contributed by atoms with Gasteiger partial charge in [0.2, 0.25) is 0 Å². The number of hydrogen-bond donors (Lipinski definition) is 1. The van der Waals surface area contributed by atoms with E-state index >= 15 is 0 Å². The summed E-state index contributed by atoms with van der Waals surface area (Å²) in [4.78, 5) is 11.0. The van der Waals surface area contributed by atoms with E-state index in [9.17, 15) is 4.79 Å². The summed E-state index contributed by atoms with van der Waals surface area (Å²) in [7, 11) is 3.60. The average Bonchev–Trinajstić information content (AvgIpc) is 2.66. The number of aromatic nitrogens is 1. The van der Waals surface area contributed by atoms with Crippen molar-refractivity contribution in [3.8, 4) is 5.75 Å². The summed E-state index contributed by atoms with van der Waals surface area (Å²) in [6, 6.07) is 5.86. The van der Waals surface area contributed by atoms with Crippen LogP contribution in [0.25, 0.3) is 10.9 Å². The van der Waals surface area contributed by atoms with Gasteiger partial charge < -0.3 is 14.4 Å². The molecule has 0 aliphatic heterocycles. The fourth-order valence-corrected chi connectivity index (χ4v) is 2.57. The summed E-state index contributed by atoms with van der Waals surface area (Å²) in [6.45, 7) is 3.89. The lowest BCUT2D eigenvalue weighted by Gasteiger charge is -2.22. The minimum absolute atomic E-state index is 0.0875. The van der Waals surface area contributed by atoms with Gasteiger partial charge in [0.05, 0.1) is 19.0 Å². The highest BCUT2D eigenvalue weighted by Gasteiger charge is 2.29. The molecular formula is C15H19NO3. The lowest BCUT2D eigenvalue weighted by atomic mass is 9.81. The van der Waals surface area contributed by atoms with E-state index < -0.39 is 11.4 Å². The second-order valence-electron chi connectivity index (χ2n) is 5.46. The van der Waals surface area contributed by atoms with E-state index in [2.05, 4.69) is 0 Å². The number of carbonyl (C=O) groups is 1. The summed E-state index contributed by atoms with van der Waals surface area (Å²) >= 11 is 0. The fourth-order valence-electron chi connectivity index (χ4n) is 2.57. The van der Waals surface area contributed by atoms with Gasteiger partial charge in [-0.3, -0.25) is 4.79 Å². The van der Waals surface area contributed by atoms with E-state index in [1.54, 1.807) is 7.11 Å². The van der Waals surface area contributed by atoms with Gasteiger partial charge in [0.15, 0.2) is 0 Å². The number of ether oxygens (including phenoxy) is 1. The van der Waals surface area contributed by atoms with Crippen LogP contribution in [0.3, 0.4) is 0 Å². The second-order valence-corrected chi connectivity index (χ2v) is 5.46. The molecule has 0 amide bonds. The van der Waals surface area contributed by atoms with Gasteiger partial charge >= 0.3 is 5.97 Å². The third-order valence-electron chi connectivity index (χ3n) is 3.52. The first-order valence-corrected chi connectivity index (χ1v) is 6.21. The van der Waals surface area contributed by atoms with Crippen molar-refractivity contribution in [1.82, 2.24) is 4.57 Å². The molecular weight excluding hydrogens is 242 g/mol. The Morgan fingerprint density at radius 1 is 1.42 bits per heavy atom. The number of fused-ring (bicyclic) bond motifs is 1. The predicted octanol–water partition coefficient (Wildman–Crippen LogP) is 2.94. The molecule has 0 saturated heterocycles. The van der Waals surface area contributed by atoms with E-state index in [0.29, 0.717) is 0 Å². The van der Waals surface area contributed by atoms with Crippen molar-refractivity contribution >= 4 is 16.9 Å². The van der Waals surface area contributed by atoms with Gasteiger partial charge in [0, 0.05) is 24.0 Å². The van der Waals surface area contributed by atoms with E-state index in [1.165, 1.54) is 0 Å². The second kappa shape index (κ2) is 4.61. The number of aliphatic carboxylic acids is 1. The summed E-state index contributed by atoms with van der Waals surface area (Å²) in [6.07, 6.45) is 2.08. The quantitative estimate of drug-likeness (QED) is 0.920. The Morgan fingerprint density at radius 2 is 2.11 bits per heavy atom. The van der Waals surface area contributed by atoms with Gasteiger partial charge in [-0.15, -0.1) is 0 Å². The Bertz CT molecular complexity index is 626. The normalized spacial score (nSPS) is 11.8. The summed E-state index contributed by atoms with van der Waals surface area (Å²) in [5.41, 5.74) is 1.61. The Balaban J connectivity index is 2.70. The molecule has 0 aliphatic carbocycles. The lowest BCUT2D eigenvalue weighted by molar-refractivity contribution is -0.138.